The average Bonchev–Trinajstić information content (AvgIpc) is 2.35. The molecule has 0 aliphatic heterocycles. The monoisotopic (exact) mass is 285 g/mol. The van der Waals surface area contributed by atoms with Gasteiger partial charge in [-0.05, 0) is 42.2 Å². The van der Waals surface area contributed by atoms with Crippen molar-refractivity contribution in [2.45, 2.75) is 13.8 Å². The second-order valence-electron chi connectivity index (χ2n) is 4.08. The Hall–Kier alpha value is -1.59. The van der Waals surface area contributed by atoms with Crippen LogP contribution in [0.5, 0.6) is 0 Å². The Morgan fingerprint density at radius 1 is 1.06 bits per heavy atom. The Morgan fingerprint density at radius 3 is 2.24 bits per heavy atom. The van der Waals surface area contributed by atoms with Crippen LogP contribution in [0, 0.1) is 25.2 Å². The second kappa shape index (κ2) is 4.73. The van der Waals surface area contributed by atoms with Gasteiger partial charge in [-0.15, -0.1) is 0 Å². The Labute approximate surface area is 110 Å². The van der Waals surface area contributed by atoms with Crippen molar-refractivity contribution in [2.24, 2.45) is 0 Å². The standard InChI is InChI=1S/C15H12BrN/c1-10-7-13(8-11(2)15(10)16)14-6-4-3-5-12(14)9-17/h3-8H,1-2H3. The largest absolute Gasteiger partial charge is 0.192 e. The van der Waals surface area contributed by atoms with Crippen LogP contribution in [0.2, 0.25) is 0 Å². The Morgan fingerprint density at radius 2 is 1.65 bits per heavy atom. The van der Waals surface area contributed by atoms with Crippen molar-refractivity contribution in [3.63, 3.8) is 0 Å². The highest BCUT2D eigenvalue weighted by atomic mass is 79.9. The third kappa shape index (κ3) is 2.25. The molecular weight excluding hydrogens is 274 g/mol. The molecule has 0 aromatic heterocycles. The maximum Gasteiger partial charge on any atom is 0.0998 e. The van der Waals surface area contributed by atoms with Crippen molar-refractivity contribution >= 4 is 15.9 Å². The molecule has 0 spiro atoms. The SMILES string of the molecule is Cc1cc(-c2ccccc2C#N)cc(C)c1Br. The number of nitrogens with zero attached hydrogens (tertiary/aromatic N) is 1. The molecule has 0 radical (unpaired) electrons. The molecule has 0 unspecified atom stereocenters. The van der Waals surface area contributed by atoms with E-state index in [0.717, 1.165) is 15.6 Å². The quantitative estimate of drug-likeness (QED) is 0.751. The summed E-state index contributed by atoms with van der Waals surface area (Å²) in [5, 5.41) is 9.11. The highest BCUT2D eigenvalue weighted by Gasteiger charge is 2.07. The Kier molecular flexibility index (Phi) is 3.31. The molecule has 2 rings (SSSR count). The molecule has 84 valence electrons. The first kappa shape index (κ1) is 11.9. The second-order valence-corrected chi connectivity index (χ2v) is 4.87. The average molecular weight is 286 g/mol. The fourth-order valence-electron chi connectivity index (χ4n) is 1.93. The molecule has 0 saturated heterocycles. The molecule has 0 atom stereocenters. The summed E-state index contributed by atoms with van der Waals surface area (Å²) in [7, 11) is 0. The van der Waals surface area contributed by atoms with E-state index in [1.165, 1.54) is 11.1 Å². The molecule has 0 amide bonds. The maximum atomic E-state index is 9.11. The molecule has 2 aromatic carbocycles. The van der Waals surface area contributed by atoms with Crippen molar-refractivity contribution in [1.29, 1.82) is 5.26 Å². The van der Waals surface area contributed by atoms with Gasteiger partial charge < -0.3 is 0 Å². The fourth-order valence-corrected chi connectivity index (χ4v) is 2.16. The van der Waals surface area contributed by atoms with Gasteiger partial charge in [0.1, 0.15) is 0 Å². The summed E-state index contributed by atoms with van der Waals surface area (Å²) in [6.07, 6.45) is 0. The minimum atomic E-state index is 0.716. The first-order chi connectivity index (χ1) is 8.13. The molecule has 2 aromatic rings. The van der Waals surface area contributed by atoms with Crippen LogP contribution < -0.4 is 0 Å². The fraction of sp³-hybridized carbons (Fsp3) is 0.133. The summed E-state index contributed by atoms with van der Waals surface area (Å²) in [6, 6.07) is 14.1. The molecule has 0 fully saturated rings. The van der Waals surface area contributed by atoms with Crippen molar-refractivity contribution in [2.75, 3.05) is 0 Å². The summed E-state index contributed by atoms with van der Waals surface area (Å²) in [6.45, 7) is 4.13. The molecule has 0 bridgehead atoms. The smallest absolute Gasteiger partial charge is 0.0998 e. The van der Waals surface area contributed by atoms with E-state index in [9.17, 15) is 0 Å². The zero-order valence-electron chi connectivity index (χ0n) is 9.79. The van der Waals surface area contributed by atoms with Crippen LogP contribution in [-0.4, -0.2) is 0 Å². The molecule has 0 aliphatic rings. The lowest BCUT2D eigenvalue weighted by Gasteiger charge is -2.09. The van der Waals surface area contributed by atoms with Gasteiger partial charge >= 0.3 is 0 Å². The van der Waals surface area contributed by atoms with Gasteiger partial charge in [-0.2, -0.15) is 5.26 Å². The van der Waals surface area contributed by atoms with Gasteiger partial charge in [0.2, 0.25) is 0 Å². The first-order valence-electron chi connectivity index (χ1n) is 5.39. The number of hydrogen-bond donors (Lipinski definition) is 0. The third-order valence-corrected chi connectivity index (χ3v) is 4.05. The van der Waals surface area contributed by atoms with Crippen LogP contribution >= 0.6 is 15.9 Å². The van der Waals surface area contributed by atoms with Crippen LogP contribution in [-0.2, 0) is 0 Å². The van der Waals surface area contributed by atoms with Gasteiger partial charge in [-0.1, -0.05) is 46.3 Å². The van der Waals surface area contributed by atoms with Gasteiger partial charge in [0.15, 0.2) is 0 Å². The van der Waals surface area contributed by atoms with E-state index in [4.69, 9.17) is 5.26 Å². The minimum Gasteiger partial charge on any atom is -0.192 e. The molecule has 17 heavy (non-hydrogen) atoms. The van der Waals surface area contributed by atoms with Gasteiger partial charge in [0, 0.05) is 4.47 Å². The zero-order chi connectivity index (χ0) is 12.4. The highest BCUT2D eigenvalue weighted by Crippen LogP contribution is 2.30. The summed E-state index contributed by atoms with van der Waals surface area (Å²) in [5.74, 6) is 0. The Bertz CT molecular complexity index is 586. The number of halogens is 1. The van der Waals surface area contributed by atoms with Gasteiger partial charge in [0.05, 0.1) is 11.6 Å². The topological polar surface area (TPSA) is 23.8 Å². The van der Waals surface area contributed by atoms with E-state index in [0.29, 0.717) is 5.56 Å². The summed E-state index contributed by atoms with van der Waals surface area (Å²) < 4.78 is 1.13. The third-order valence-electron chi connectivity index (χ3n) is 2.79. The number of hydrogen-bond acceptors (Lipinski definition) is 1. The zero-order valence-corrected chi connectivity index (χ0v) is 11.4. The van der Waals surface area contributed by atoms with Crippen molar-refractivity contribution in [3.05, 3.63) is 57.6 Å². The number of rotatable bonds is 1. The molecule has 0 heterocycles. The van der Waals surface area contributed by atoms with E-state index in [-0.39, 0.29) is 0 Å². The van der Waals surface area contributed by atoms with Crippen LogP contribution in [0.15, 0.2) is 40.9 Å². The molecular formula is C15H12BrN. The molecule has 0 aliphatic carbocycles. The predicted molar refractivity (Wildman–Crippen MR) is 73.8 cm³/mol. The van der Waals surface area contributed by atoms with Crippen LogP contribution in [0.1, 0.15) is 16.7 Å². The molecule has 1 nitrogen and oxygen atoms in total. The van der Waals surface area contributed by atoms with Crippen molar-refractivity contribution < 1.29 is 0 Å². The lowest BCUT2D eigenvalue weighted by atomic mass is 9.97. The van der Waals surface area contributed by atoms with Gasteiger partial charge in [-0.25, -0.2) is 0 Å². The number of aryl methyl sites for hydroxylation is 2. The summed E-state index contributed by atoms with van der Waals surface area (Å²) >= 11 is 3.56. The van der Waals surface area contributed by atoms with E-state index in [2.05, 4.69) is 48.0 Å². The minimum absolute atomic E-state index is 0.716. The maximum absolute atomic E-state index is 9.11. The van der Waals surface area contributed by atoms with Crippen molar-refractivity contribution in [3.8, 4) is 17.2 Å². The van der Waals surface area contributed by atoms with E-state index in [1.807, 2.05) is 24.3 Å². The normalized spacial score (nSPS) is 10.0. The number of benzene rings is 2. The van der Waals surface area contributed by atoms with Crippen LogP contribution in [0.3, 0.4) is 0 Å². The van der Waals surface area contributed by atoms with Crippen LogP contribution in [0.25, 0.3) is 11.1 Å². The summed E-state index contributed by atoms with van der Waals surface area (Å²) in [5.41, 5.74) is 5.18. The lowest BCUT2D eigenvalue weighted by molar-refractivity contribution is 1.34. The van der Waals surface area contributed by atoms with E-state index < -0.39 is 0 Å². The van der Waals surface area contributed by atoms with Gasteiger partial charge in [0.25, 0.3) is 0 Å². The number of nitriles is 1. The van der Waals surface area contributed by atoms with Crippen molar-refractivity contribution in [1.82, 2.24) is 0 Å². The van der Waals surface area contributed by atoms with E-state index >= 15 is 0 Å². The van der Waals surface area contributed by atoms with E-state index in [1.54, 1.807) is 0 Å². The molecule has 0 saturated carbocycles. The first-order valence-corrected chi connectivity index (χ1v) is 6.19. The lowest BCUT2D eigenvalue weighted by Crippen LogP contribution is -1.88. The highest BCUT2D eigenvalue weighted by molar-refractivity contribution is 9.10. The van der Waals surface area contributed by atoms with Crippen LogP contribution in [0.4, 0.5) is 0 Å². The summed E-state index contributed by atoms with van der Waals surface area (Å²) in [4.78, 5) is 0. The predicted octanol–water partition coefficient (Wildman–Crippen LogP) is 4.60. The van der Waals surface area contributed by atoms with Gasteiger partial charge in [-0.3, -0.25) is 0 Å². The molecule has 0 N–H and O–H groups in total. The Balaban J connectivity index is 2.66. The molecule has 2 heteroatoms.